The predicted molar refractivity (Wildman–Crippen MR) is 102 cm³/mol. The van der Waals surface area contributed by atoms with E-state index in [2.05, 4.69) is 43.3 Å². The Hall–Kier alpha value is -2.33. The van der Waals surface area contributed by atoms with Gasteiger partial charge in [0, 0.05) is 18.2 Å². The molecule has 1 aliphatic carbocycles. The summed E-state index contributed by atoms with van der Waals surface area (Å²) in [5.41, 5.74) is 10.1. The van der Waals surface area contributed by atoms with E-state index in [0.717, 1.165) is 42.6 Å². The summed E-state index contributed by atoms with van der Waals surface area (Å²) in [5.74, 6) is 1.56. The van der Waals surface area contributed by atoms with Gasteiger partial charge in [-0.25, -0.2) is 4.99 Å². The number of fused-ring (bicyclic) bond motifs is 5. The molecule has 3 aliphatic rings. The highest BCUT2D eigenvalue weighted by molar-refractivity contribution is 6.03. The minimum Gasteiger partial charge on any atom is -0.484 e. The molecule has 5 rings (SSSR count). The summed E-state index contributed by atoms with van der Waals surface area (Å²) < 4.78 is 12.3. The van der Waals surface area contributed by atoms with Crippen molar-refractivity contribution in [2.45, 2.75) is 49.9 Å². The molecule has 0 aromatic heterocycles. The molecule has 4 heteroatoms. The molecule has 26 heavy (non-hydrogen) atoms. The van der Waals surface area contributed by atoms with Crippen molar-refractivity contribution in [2.24, 2.45) is 10.7 Å². The lowest BCUT2D eigenvalue weighted by atomic mass is 9.65. The molecular formula is C22H24N2O2. The molecule has 4 nitrogen and oxygen atoms in total. The van der Waals surface area contributed by atoms with Crippen LogP contribution in [-0.4, -0.2) is 24.7 Å². The fourth-order valence-electron chi connectivity index (χ4n) is 5.18. The van der Waals surface area contributed by atoms with Gasteiger partial charge in [-0.15, -0.1) is 0 Å². The number of benzene rings is 2. The Labute approximate surface area is 154 Å². The molecule has 0 amide bonds. The highest BCUT2D eigenvalue weighted by Crippen LogP contribution is 2.61. The third-order valence-corrected chi connectivity index (χ3v) is 6.44. The molecule has 2 N–H and O–H groups in total. The van der Waals surface area contributed by atoms with E-state index in [4.69, 9.17) is 20.2 Å². The van der Waals surface area contributed by atoms with Crippen LogP contribution in [0.15, 0.2) is 47.5 Å². The average molecular weight is 348 g/mol. The minimum atomic E-state index is -0.548. The standard InChI is InChI=1S/C22H24N2O2/c1-14-7-8-19-18(13-14)22(17-6-4-3-5-16(17)20(23)24-22)21(26-19)11-9-15(25-2)10-12-21/h3-8,13,15H,9-12H2,1-2H3,(H2,23,24). The van der Waals surface area contributed by atoms with Gasteiger partial charge in [-0.05, 0) is 50.3 Å². The smallest absolute Gasteiger partial charge is 0.157 e. The number of rotatable bonds is 1. The molecule has 2 aromatic rings. The van der Waals surface area contributed by atoms with Gasteiger partial charge in [0.1, 0.15) is 17.2 Å². The van der Waals surface area contributed by atoms with Gasteiger partial charge in [-0.1, -0.05) is 35.9 Å². The molecule has 1 unspecified atom stereocenters. The van der Waals surface area contributed by atoms with Crippen molar-refractivity contribution in [1.82, 2.24) is 0 Å². The molecule has 0 saturated heterocycles. The van der Waals surface area contributed by atoms with Crippen molar-refractivity contribution in [3.63, 3.8) is 0 Å². The summed E-state index contributed by atoms with van der Waals surface area (Å²) in [7, 11) is 1.80. The second kappa shape index (κ2) is 5.34. The van der Waals surface area contributed by atoms with Crippen LogP contribution in [0.5, 0.6) is 5.75 Å². The van der Waals surface area contributed by atoms with Crippen LogP contribution < -0.4 is 10.5 Å². The van der Waals surface area contributed by atoms with Gasteiger partial charge in [0.15, 0.2) is 5.54 Å². The number of nitrogens with zero attached hydrogens (tertiary/aromatic N) is 1. The summed E-state index contributed by atoms with van der Waals surface area (Å²) >= 11 is 0. The number of aryl methyl sites for hydroxylation is 1. The Morgan fingerprint density at radius 1 is 1.12 bits per heavy atom. The first-order chi connectivity index (χ1) is 12.6. The maximum Gasteiger partial charge on any atom is 0.157 e. The Morgan fingerprint density at radius 2 is 1.88 bits per heavy atom. The Morgan fingerprint density at radius 3 is 2.65 bits per heavy atom. The molecule has 2 heterocycles. The molecule has 2 aromatic carbocycles. The first-order valence-corrected chi connectivity index (χ1v) is 9.38. The topological polar surface area (TPSA) is 56.8 Å². The molecule has 0 radical (unpaired) electrons. The predicted octanol–water partition coefficient (Wildman–Crippen LogP) is 3.68. The fourth-order valence-corrected chi connectivity index (χ4v) is 5.18. The van der Waals surface area contributed by atoms with Gasteiger partial charge in [0.2, 0.25) is 0 Å². The number of nitrogens with two attached hydrogens (primary N) is 1. The van der Waals surface area contributed by atoms with Gasteiger partial charge in [0.05, 0.1) is 6.10 Å². The number of ether oxygens (including phenoxy) is 2. The van der Waals surface area contributed by atoms with Gasteiger partial charge in [-0.2, -0.15) is 0 Å². The average Bonchev–Trinajstić information content (AvgIpc) is 3.11. The van der Waals surface area contributed by atoms with Crippen LogP contribution in [0.25, 0.3) is 0 Å². The van der Waals surface area contributed by atoms with Crippen LogP contribution in [0, 0.1) is 6.92 Å². The lowest BCUT2D eigenvalue weighted by Crippen LogP contribution is -2.53. The second-order valence-corrected chi connectivity index (χ2v) is 7.78. The van der Waals surface area contributed by atoms with E-state index in [0.29, 0.717) is 11.9 Å². The first-order valence-electron chi connectivity index (χ1n) is 9.38. The number of hydrogen-bond donors (Lipinski definition) is 1. The monoisotopic (exact) mass is 348 g/mol. The van der Waals surface area contributed by atoms with Crippen molar-refractivity contribution in [3.8, 4) is 5.75 Å². The Balaban J connectivity index is 1.76. The Bertz CT molecular complexity index is 912. The van der Waals surface area contributed by atoms with E-state index < -0.39 is 11.1 Å². The zero-order valence-electron chi connectivity index (χ0n) is 15.3. The summed E-state index contributed by atoms with van der Waals surface area (Å²) in [4.78, 5) is 5.13. The summed E-state index contributed by atoms with van der Waals surface area (Å²) in [6.45, 7) is 2.12. The van der Waals surface area contributed by atoms with Crippen molar-refractivity contribution in [3.05, 3.63) is 64.7 Å². The summed E-state index contributed by atoms with van der Waals surface area (Å²) in [6, 6.07) is 14.8. The molecule has 2 aliphatic heterocycles. The van der Waals surface area contributed by atoms with Crippen molar-refractivity contribution in [1.29, 1.82) is 0 Å². The molecule has 2 spiro atoms. The summed E-state index contributed by atoms with van der Waals surface area (Å²) in [5, 5.41) is 0. The van der Waals surface area contributed by atoms with Gasteiger partial charge in [0.25, 0.3) is 0 Å². The molecule has 1 saturated carbocycles. The van der Waals surface area contributed by atoms with Crippen LogP contribution in [-0.2, 0) is 10.3 Å². The van der Waals surface area contributed by atoms with Crippen LogP contribution in [0.4, 0.5) is 0 Å². The number of methoxy groups -OCH3 is 1. The number of amidine groups is 1. The van der Waals surface area contributed by atoms with E-state index in [-0.39, 0.29) is 0 Å². The lowest BCUT2D eigenvalue weighted by molar-refractivity contribution is -0.0441. The van der Waals surface area contributed by atoms with Crippen molar-refractivity contribution < 1.29 is 9.47 Å². The normalized spacial score (nSPS) is 31.6. The lowest BCUT2D eigenvalue weighted by Gasteiger charge is -2.45. The molecule has 134 valence electrons. The third kappa shape index (κ3) is 1.85. The van der Waals surface area contributed by atoms with E-state index in [1.165, 1.54) is 11.1 Å². The largest absolute Gasteiger partial charge is 0.484 e. The van der Waals surface area contributed by atoms with Gasteiger partial charge < -0.3 is 15.2 Å². The number of aliphatic imine (C=N–C) groups is 1. The molecular weight excluding hydrogens is 324 g/mol. The van der Waals surface area contributed by atoms with E-state index in [1.807, 2.05) is 6.07 Å². The zero-order chi connectivity index (χ0) is 17.9. The third-order valence-electron chi connectivity index (χ3n) is 6.44. The highest BCUT2D eigenvalue weighted by Gasteiger charge is 2.64. The van der Waals surface area contributed by atoms with Gasteiger partial charge in [-0.3, -0.25) is 0 Å². The van der Waals surface area contributed by atoms with Crippen LogP contribution in [0.1, 0.15) is 47.9 Å². The minimum absolute atomic E-state index is 0.296. The van der Waals surface area contributed by atoms with Crippen LogP contribution in [0.2, 0.25) is 0 Å². The van der Waals surface area contributed by atoms with Crippen molar-refractivity contribution >= 4 is 5.84 Å². The maximum absolute atomic E-state index is 6.71. The maximum atomic E-state index is 6.71. The van der Waals surface area contributed by atoms with E-state index in [9.17, 15) is 0 Å². The molecule has 1 atom stereocenters. The first kappa shape index (κ1) is 15.9. The van der Waals surface area contributed by atoms with Crippen LogP contribution in [0.3, 0.4) is 0 Å². The summed E-state index contributed by atoms with van der Waals surface area (Å²) in [6.07, 6.45) is 4.06. The SMILES string of the molecule is COC1CCC2(CC1)Oc1ccc(C)cc1C21N=C(N)c2ccccc21. The fraction of sp³-hybridized carbons (Fsp3) is 0.409. The Kier molecular flexibility index (Phi) is 3.26. The second-order valence-electron chi connectivity index (χ2n) is 7.78. The zero-order valence-corrected chi connectivity index (χ0v) is 15.3. The molecule has 1 fully saturated rings. The highest BCUT2D eigenvalue weighted by atomic mass is 16.5. The van der Waals surface area contributed by atoms with E-state index in [1.54, 1.807) is 7.11 Å². The van der Waals surface area contributed by atoms with Gasteiger partial charge >= 0.3 is 0 Å². The quantitative estimate of drug-likeness (QED) is 0.855. The van der Waals surface area contributed by atoms with E-state index >= 15 is 0 Å². The molecule has 0 bridgehead atoms. The van der Waals surface area contributed by atoms with Crippen LogP contribution >= 0.6 is 0 Å². The van der Waals surface area contributed by atoms with Crippen molar-refractivity contribution in [2.75, 3.05) is 7.11 Å². The number of hydrogen-bond acceptors (Lipinski definition) is 4.